The minimum atomic E-state index is -4.54. The zero-order valence-corrected chi connectivity index (χ0v) is 14.6. The van der Waals surface area contributed by atoms with Crippen LogP contribution in [-0.4, -0.2) is 4.92 Å². The van der Waals surface area contributed by atoms with Crippen LogP contribution in [-0.2, 0) is 6.18 Å². The Morgan fingerprint density at radius 2 is 1.89 bits per heavy atom. The topological polar surface area (TPSA) is 55.2 Å². The Morgan fingerprint density at radius 3 is 2.52 bits per heavy atom. The zero-order valence-electron chi connectivity index (χ0n) is 13.8. The Kier molecular flexibility index (Phi) is 4.14. The van der Waals surface area contributed by atoms with Crippen molar-refractivity contribution in [2.45, 2.75) is 24.6 Å². The lowest BCUT2D eigenvalue weighted by Gasteiger charge is -2.38. The number of halogens is 4. The summed E-state index contributed by atoms with van der Waals surface area (Å²) in [5.41, 5.74) is 0.428. The smallest absolute Gasteiger partial charge is 0.377 e. The Bertz CT molecular complexity index is 941. The van der Waals surface area contributed by atoms with E-state index in [2.05, 4.69) is 5.32 Å². The molecule has 0 amide bonds. The highest BCUT2D eigenvalue weighted by Crippen LogP contribution is 2.53. The van der Waals surface area contributed by atoms with Crippen molar-refractivity contribution in [2.75, 3.05) is 5.32 Å². The van der Waals surface area contributed by atoms with Gasteiger partial charge in [-0.25, -0.2) is 0 Å². The monoisotopic (exact) mass is 394 g/mol. The highest BCUT2D eigenvalue weighted by molar-refractivity contribution is 6.30. The maximum atomic E-state index is 13.6. The van der Waals surface area contributed by atoms with Gasteiger partial charge in [-0.3, -0.25) is 10.1 Å². The molecule has 2 aliphatic rings. The van der Waals surface area contributed by atoms with Gasteiger partial charge in [0.15, 0.2) is 0 Å². The molecule has 8 heteroatoms. The average molecular weight is 395 g/mol. The molecule has 2 aromatic rings. The number of nitrogens with one attached hydrogen (secondary N) is 1. The van der Waals surface area contributed by atoms with Crippen LogP contribution in [0, 0.1) is 16.0 Å². The van der Waals surface area contributed by atoms with Crippen LogP contribution in [0.3, 0.4) is 0 Å². The van der Waals surface area contributed by atoms with Crippen LogP contribution >= 0.6 is 11.6 Å². The van der Waals surface area contributed by atoms with Crippen LogP contribution in [0.2, 0.25) is 5.02 Å². The van der Waals surface area contributed by atoms with Gasteiger partial charge in [-0.1, -0.05) is 35.9 Å². The van der Waals surface area contributed by atoms with Crippen molar-refractivity contribution in [3.8, 4) is 0 Å². The van der Waals surface area contributed by atoms with Crippen LogP contribution in [0.1, 0.15) is 35.1 Å². The number of benzene rings is 2. The summed E-state index contributed by atoms with van der Waals surface area (Å²) in [6.07, 6.45) is 0.0294. The van der Waals surface area contributed by atoms with E-state index >= 15 is 0 Å². The number of nitro groups is 1. The van der Waals surface area contributed by atoms with Crippen molar-refractivity contribution in [3.05, 3.63) is 80.4 Å². The number of hydrogen-bond acceptors (Lipinski definition) is 3. The SMILES string of the molecule is O=[N+]([O-])c1ccc([C@@H]2Nc3c(cc(Cl)cc3C(F)(F)F)[C@@H]3C=CC[C@H]32)cc1. The number of nitro benzene ring substituents is 1. The van der Waals surface area contributed by atoms with Crippen LogP contribution < -0.4 is 5.32 Å². The minimum absolute atomic E-state index is 0.0125. The van der Waals surface area contributed by atoms with Crippen molar-refractivity contribution < 1.29 is 18.1 Å². The minimum Gasteiger partial charge on any atom is -0.377 e. The molecule has 1 aliphatic heterocycles. The maximum absolute atomic E-state index is 13.6. The average Bonchev–Trinajstić information content (AvgIpc) is 3.10. The second-order valence-corrected chi connectivity index (χ2v) is 7.18. The molecule has 0 saturated carbocycles. The quantitative estimate of drug-likeness (QED) is 0.380. The maximum Gasteiger partial charge on any atom is 0.418 e. The van der Waals surface area contributed by atoms with Gasteiger partial charge in [-0.2, -0.15) is 13.2 Å². The highest BCUT2D eigenvalue weighted by Gasteiger charge is 2.43. The first kappa shape index (κ1) is 17.9. The molecule has 1 N–H and O–H groups in total. The first-order valence-corrected chi connectivity index (χ1v) is 8.71. The molecule has 0 aromatic heterocycles. The number of rotatable bonds is 2. The van der Waals surface area contributed by atoms with Gasteiger partial charge < -0.3 is 5.32 Å². The van der Waals surface area contributed by atoms with E-state index in [1.807, 2.05) is 12.2 Å². The lowest BCUT2D eigenvalue weighted by Crippen LogP contribution is -2.30. The summed E-state index contributed by atoms with van der Waals surface area (Å²) in [5.74, 6) is -0.181. The Morgan fingerprint density at radius 1 is 1.19 bits per heavy atom. The van der Waals surface area contributed by atoms with E-state index in [-0.39, 0.29) is 34.3 Å². The van der Waals surface area contributed by atoms with Crippen LogP contribution in [0.15, 0.2) is 48.6 Å². The third-order valence-corrected chi connectivity index (χ3v) is 5.42. The summed E-state index contributed by atoms with van der Waals surface area (Å²) < 4.78 is 40.7. The van der Waals surface area contributed by atoms with Gasteiger partial charge in [0.1, 0.15) is 0 Å². The largest absolute Gasteiger partial charge is 0.418 e. The number of allylic oxidation sites excluding steroid dienone is 2. The Hall–Kier alpha value is -2.54. The molecule has 0 saturated heterocycles. The highest BCUT2D eigenvalue weighted by atomic mass is 35.5. The fourth-order valence-electron chi connectivity index (χ4n) is 4.02. The molecule has 1 heterocycles. The molecule has 0 fully saturated rings. The number of fused-ring (bicyclic) bond motifs is 3. The van der Waals surface area contributed by atoms with Crippen LogP contribution in [0.5, 0.6) is 0 Å². The second-order valence-electron chi connectivity index (χ2n) is 6.74. The molecule has 1 aliphatic carbocycles. The molecule has 27 heavy (non-hydrogen) atoms. The zero-order chi connectivity index (χ0) is 19.3. The van der Waals surface area contributed by atoms with Gasteiger partial charge in [0, 0.05) is 23.1 Å². The Balaban J connectivity index is 1.82. The van der Waals surface area contributed by atoms with E-state index in [0.29, 0.717) is 17.5 Å². The van der Waals surface area contributed by atoms with E-state index in [1.165, 1.54) is 12.1 Å². The number of alkyl halides is 3. The molecule has 4 nitrogen and oxygen atoms in total. The molecule has 140 valence electrons. The number of hydrogen-bond donors (Lipinski definition) is 1. The molecule has 0 spiro atoms. The fourth-order valence-corrected chi connectivity index (χ4v) is 4.25. The molecule has 4 rings (SSSR count). The normalized spacial score (nSPS) is 23.5. The lowest BCUT2D eigenvalue weighted by molar-refractivity contribution is -0.384. The van der Waals surface area contributed by atoms with E-state index in [9.17, 15) is 23.3 Å². The standard InChI is InChI=1S/C19H14ClF3N2O2/c20-11-8-15-13-2-1-3-14(13)17(10-4-6-12(7-5-10)25(26)27)24-18(15)16(9-11)19(21,22)23/h1-2,4-9,13-14,17,24H,3H2/t13-,14-,17+/m1/s1. The molecular formula is C19H14ClF3N2O2. The molecule has 0 bridgehead atoms. The van der Waals surface area contributed by atoms with Crippen molar-refractivity contribution in [2.24, 2.45) is 5.92 Å². The summed E-state index contributed by atoms with van der Waals surface area (Å²) in [5, 5.41) is 14.0. The summed E-state index contributed by atoms with van der Waals surface area (Å²) >= 11 is 5.96. The lowest BCUT2D eigenvalue weighted by atomic mass is 9.76. The first-order valence-electron chi connectivity index (χ1n) is 8.34. The molecule has 0 radical (unpaired) electrons. The van der Waals surface area contributed by atoms with Gasteiger partial charge in [0.2, 0.25) is 0 Å². The van der Waals surface area contributed by atoms with E-state index in [1.54, 1.807) is 18.2 Å². The van der Waals surface area contributed by atoms with E-state index in [0.717, 1.165) is 6.07 Å². The van der Waals surface area contributed by atoms with Gasteiger partial charge in [0.05, 0.1) is 22.2 Å². The predicted octanol–water partition coefficient (Wildman–Crippen LogP) is 6.09. The molecule has 3 atom stereocenters. The summed E-state index contributed by atoms with van der Waals surface area (Å²) in [4.78, 5) is 10.4. The van der Waals surface area contributed by atoms with Crippen molar-refractivity contribution in [1.82, 2.24) is 0 Å². The third-order valence-electron chi connectivity index (χ3n) is 5.20. The van der Waals surface area contributed by atoms with Gasteiger partial charge in [-0.15, -0.1) is 0 Å². The fraction of sp³-hybridized carbons (Fsp3) is 0.263. The summed E-state index contributed by atoms with van der Waals surface area (Å²) in [6.45, 7) is 0. The Labute approximate surface area is 157 Å². The van der Waals surface area contributed by atoms with Gasteiger partial charge >= 0.3 is 6.18 Å². The van der Waals surface area contributed by atoms with Crippen LogP contribution in [0.25, 0.3) is 0 Å². The van der Waals surface area contributed by atoms with Crippen LogP contribution in [0.4, 0.5) is 24.5 Å². The predicted molar refractivity (Wildman–Crippen MR) is 95.9 cm³/mol. The van der Waals surface area contributed by atoms with Crippen molar-refractivity contribution in [1.29, 1.82) is 0 Å². The van der Waals surface area contributed by atoms with Crippen molar-refractivity contribution >= 4 is 23.0 Å². The molecular weight excluding hydrogens is 381 g/mol. The molecule has 2 aromatic carbocycles. The second kappa shape index (κ2) is 6.27. The number of non-ortho nitro benzene ring substituents is 1. The van der Waals surface area contributed by atoms with E-state index in [4.69, 9.17) is 11.6 Å². The summed E-state index contributed by atoms with van der Waals surface area (Å²) in [6, 6.07) is 8.06. The van der Waals surface area contributed by atoms with Gasteiger partial charge in [-0.05, 0) is 35.6 Å². The third kappa shape index (κ3) is 3.06. The number of nitrogens with zero attached hydrogens (tertiary/aromatic N) is 1. The molecule has 0 unspecified atom stereocenters. The first-order chi connectivity index (χ1) is 12.8. The van der Waals surface area contributed by atoms with E-state index < -0.39 is 16.7 Å². The summed E-state index contributed by atoms with van der Waals surface area (Å²) in [7, 11) is 0. The number of anilines is 1. The van der Waals surface area contributed by atoms with Gasteiger partial charge in [0.25, 0.3) is 5.69 Å². The van der Waals surface area contributed by atoms with Crippen molar-refractivity contribution in [3.63, 3.8) is 0 Å².